The molecular formula is C81H146NO8P. The van der Waals surface area contributed by atoms with Crippen molar-refractivity contribution in [3.05, 3.63) is 97.2 Å². The van der Waals surface area contributed by atoms with Crippen LogP contribution < -0.4 is 5.73 Å². The van der Waals surface area contributed by atoms with Crippen LogP contribution >= 0.6 is 7.82 Å². The number of rotatable bonds is 73. The number of ether oxygens (including phenoxy) is 2. The van der Waals surface area contributed by atoms with Crippen molar-refractivity contribution in [2.75, 3.05) is 26.4 Å². The average Bonchev–Trinajstić information content (AvgIpc) is 3.74. The molecule has 0 aromatic rings. The topological polar surface area (TPSA) is 134 Å². The van der Waals surface area contributed by atoms with Gasteiger partial charge in [0.1, 0.15) is 6.61 Å². The fraction of sp³-hybridized carbons (Fsp3) is 0.778. The second-order valence-corrected chi connectivity index (χ2v) is 27.3. The monoisotopic (exact) mass is 1290 g/mol. The number of hydrogen-bond acceptors (Lipinski definition) is 8. The lowest BCUT2D eigenvalue weighted by molar-refractivity contribution is -0.161. The number of unbranched alkanes of at least 4 members (excludes halogenated alkanes) is 44. The number of esters is 2. The van der Waals surface area contributed by atoms with E-state index in [2.05, 4.69) is 111 Å². The van der Waals surface area contributed by atoms with Crippen LogP contribution in [0.3, 0.4) is 0 Å². The molecule has 528 valence electrons. The highest BCUT2D eigenvalue weighted by Gasteiger charge is 2.26. The molecule has 9 nitrogen and oxygen atoms in total. The van der Waals surface area contributed by atoms with E-state index in [0.717, 1.165) is 77.0 Å². The summed E-state index contributed by atoms with van der Waals surface area (Å²) in [6.45, 7) is 3.67. The fourth-order valence-corrected chi connectivity index (χ4v) is 12.0. The number of carbonyl (C=O) groups excluding carboxylic acids is 2. The van der Waals surface area contributed by atoms with Gasteiger partial charge >= 0.3 is 19.8 Å². The molecule has 2 unspecified atom stereocenters. The lowest BCUT2D eigenvalue weighted by Gasteiger charge is -2.19. The smallest absolute Gasteiger partial charge is 0.462 e. The Labute approximate surface area is 563 Å². The second kappa shape index (κ2) is 76.0. The Morgan fingerprint density at radius 2 is 0.604 bits per heavy atom. The summed E-state index contributed by atoms with van der Waals surface area (Å²) < 4.78 is 33.3. The maximum absolute atomic E-state index is 12.8. The molecule has 0 saturated carbocycles. The van der Waals surface area contributed by atoms with Crippen LogP contribution in [0, 0.1) is 0 Å². The van der Waals surface area contributed by atoms with Crippen LogP contribution in [-0.4, -0.2) is 49.3 Å². The third kappa shape index (κ3) is 75.8. The van der Waals surface area contributed by atoms with E-state index < -0.39 is 26.5 Å². The Kier molecular flexibility index (Phi) is 73.4. The zero-order chi connectivity index (χ0) is 65.8. The largest absolute Gasteiger partial charge is 0.472 e. The van der Waals surface area contributed by atoms with E-state index in [-0.39, 0.29) is 38.6 Å². The Bertz CT molecular complexity index is 1820. The number of hydrogen-bond donors (Lipinski definition) is 2. The van der Waals surface area contributed by atoms with Gasteiger partial charge in [0.2, 0.25) is 0 Å². The summed E-state index contributed by atoms with van der Waals surface area (Å²) in [4.78, 5) is 35.4. The van der Waals surface area contributed by atoms with Crippen molar-refractivity contribution in [2.24, 2.45) is 5.73 Å². The second-order valence-electron chi connectivity index (χ2n) is 25.8. The van der Waals surface area contributed by atoms with E-state index >= 15 is 0 Å². The van der Waals surface area contributed by atoms with Crippen LogP contribution in [0.5, 0.6) is 0 Å². The van der Waals surface area contributed by atoms with Gasteiger partial charge in [-0.15, -0.1) is 0 Å². The summed E-state index contributed by atoms with van der Waals surface area (Å²) in [6, 6.07) is 0. The SMILES string of the molecule is CC/C=C\C/C=C\C/C=C\C/C=C\C/C=C\CCCCCCCCCCCCCCCCCCCCCCCC(=O)OC(COC(=O)CCCCCCCCCCCCCCCCCCCC/C=C\C/C=C\C/C=C\CCCCCCC)COP(=O)(O)OCCN. The molecule has 2 atom stereocenters. The molecule has 0 radical (unpaired) electrons. The first-order valence-corrected chi connectivity index (χ1v) is 40.2. The maximum Gasteiger partial charge on any atom is 0.472 e. The Morgan fingerprint density at radius 3 is 0.901 bits per heavy atom. The van der Waals surface area contributed by atoms with E-state index in [0.29, 0.717) is 6.42 Å². The van der Waals surface area contributed by atoms with E-state index in [1.165, 1.54) is 263 Å². The van der Waals surface area contributed by atoms with Crippen LogP contribution in [0.1, 0.15) is 373 Å². The molecule has 0 bridgehead atoms. The van der Waals surface area contributed by atoms with Crippen molar-refractivity contribution in [3.8, 4) is 0 Å². The zero-order valence-corrected chi connectivity index (χ0v) is 60.5. The predicted octanol–water partition coefficient (Wildman–Crippen LogP) is 25.9. The van der Waals surface area contributed by atoms with Gasteiger partial charge in [-0.3, -0.25) is 18.6 Å². The van der Waals surface area contributed by atoms with Gasteiger partial charge < -0.3 is 20.1 Å². The summed E-state index contributed by atoms with van der Waals surface area (Å²) in [5.41, 5.74) is 5.41. The molecular weight excluding hydrogens is 1150 g/mol. The molecule has 0 fully saturated rings. The van der Waals surface area contributed by atoms with Crippen molar-refractivity contribution < 1.29 is 37.6 Å². The highest BCUT2D eigenvalue weighted by Crippen LogP contribution is 2.43. The van der Waals surface area contributed by atoms with Crippen LogP contribution in [0.25, 0.3) is 0 Å². The Balaban J connectivity index is 3.80. The number of allylic oxidation sites excluding steroid dienone is 16. The van der Waals surface area contributed by atoms with Crippen LogP contribution in [-0.2, 0) is 32.7 Å². The van der Waals surface area contributed by atoms with Crippen LogP contribution in [0.4, 0.5) is 0 Å². The fourth-order valence-electron chi connectivity index (χ4n) is 11.3. The highest BCUT2D eigenvalue weighted by molar-refractivity contribution is 7.47. The van der Waals surface area contributed by atoms with E-state index in [1.54, 1.807) is 0 Å². The molecule has 91 heavy (non-hydrogen) atoms. The molecule has 3 N–H and O–H groups in total. The molecule has 0 aromatic carbocycles. The Morgan fingerprint density at radius 1 is 0.341 bits per heavy atom. The lowest BCUT2D eigenvalue weighted by atomic mass is 10.0. The highest BCUT2D eigenvalue weighted by atomic mass is 31.2. The van der Waals surface area contributed by atoms with Crippen molar-refractivity contribution in [1.82, 2.24) is 0 Å². The van der Waals surface area contributed by atoms with E-state index in [1.807, 2.05) is 0 Å². The van der Waals surface area contributed by atoms with Crippen molar-refractivity contribution in [2.45, 2.75) is 380 Å². The minimum absolute atomic E-state index is 0.0531. The van der Waals surface area contributed by atoms with Gasteiger partial charge in [0.25, 0.3) is 0 Å². The number of nitrogens with two attached hydrogens (primary N) is 1. The molecule has 0 heterocycles. The number of carbonyl (C=O) groups is 2. The summed E-state index contributed by atoms with van der Waals surface area (Å²) in [5.74, 6) is -0.811. The first kappa shape index (κ1) is 87.9. The maximum atomic E-state index is 12.8. The molecule has 0 amide bonds. The number of phosphoric ester groups is 1. The summed E-state index contributed by atoms with van der Waals surface area (Å²) >= 11 is 0. The summed E-state index contributed by atoms with van der Waals surface area (Å²) in [5, 5.41) is 0. The Hall–Kier alpha value is -3.07. The van der Waals surface area contributed by atoms with Gasteiger partial charge in [-0.2, -0.15) is 0 Å². The van der Waals surface area contributed by atoms with Gasteiger partial charge in [0.15, 0.2) is 6.10 Å². The minimum Gasteiger partial charge on any atom is -0.462 e. The standard InChI is InChI=1S/C81H146NO8P/c1-3-5-7-9-11-13-15-17-19-21-23-25-27-29-31-33-35-37-38-39-40-42-44-46-48-50-52-54-56-58-60-62-64-66-68-70-72-74-81(84)90-79(78-89-91(85,86)88-76-75-82)77-87-80(83)73-71-69-67-65-63-61-59-57-55-53-51-49-47-45-43-41-36-34-32-30-28-26-24-22-20-18-16-14-12-10-8-6-4-2/h5,7,11,13,16-19,22-25,28-31,79H,3-4,6,8-10,12,14-15,20-21,26-27,32-78,82H2,1-2H3,(H,85,86)/b7-5-,13-11-,18-16-,19-17-,24-22-,25-23-,30-28-,31-29-. The molecule has 0 spiro atoms. The molecule has 0 aliphatic rings. The van der Waals surface area contributed by atoms with Crippen LogP contribution in [0.2, 0.25) is 0 Å². The molecule has 0 aliphatic carbocycles. The van der Waals surface area contributed by atoms with Gasteiger partial charge in [-0.05, 0) is 96.3 Å². The minimum atomic E-state index is -4.40. The normalized spacial score (nSPS) is 13.4. The van der Waals surface area contributed by atoms with Gasteiger partial charge in [-0.25, -0.2) is 4.57 Å². The molecule has 0 aromatic heterocycles. The van der Waals surface area contributed by atoms with Crippen molar-refractivity contribution in [3.63, 3.8) is 0 Å². The van der Waals surface area contributed by atoms with Crippen molar-refractivity contribution >= 4 is 19.8 Å². The zero-order valence-electron chi connectivity index (χ0n) is 59.6. The van der Waals surface area contributed by atoms with Crippen molar-refractivity contribution in [1.29, 1.82) is 0 Å². The number of phosphoric acid groups is 1. The quantitative estimate of drug-likeness (QED) is 0.0264. The average molecular weight is 1290 g/mol. The van der Waals surface area contributed by atoms with E-state index in [9.17, 15) is 19.0 Å². The molecule has 0 saturated heterocycles. The van der Waals surface area contributed by atoms with Gasteiger partial charge in [-0.1, -0.05) is 361 Å². The van der Waals surface area contributed by atoms with Crippen LogP contribution in [0.15, 0.2) is 97.2 Å². The molecule has 0 aliphatic heterocycles. The van der Waals surface area contributed by atoms with E-state index in [4.69, 9.17) is 24.3 Å². The lowest BCUT2D eigenvalue weighted by Crippen LogP contribution is -2.29. The summed E-state index contributed by atoms with van der Waals surface area (Å²) in [7, 11) is -4.40. The first-order chi connectivity index (χ1) is 44.8. The van der Waals surface area contributed by atoms with Gasteiger partial charge in [0, 0.05) is 19.4 Å². The first-order valence-electron chi connectivity index (χ1n) is 38.7. The predicted molar refractivity (Wildman–Crippen MR) is 395 cm³/mol. The molecule has 0 rings (SSSR count). The van der Waals surface area contributed by atoms with Gasteiger partial charge in [0.05, 0.1) is 13.2 Å². The molecule has 10 heteroatoms. The third-order valence-electron chi connectivity index (χ3n) is 17.0. The summed E-state index contributed by atoms with van der Waals surface area (Å²) in [6.07, 6.45) is 104. The third-order valence-corrected chi connectivity index (χ3v) is 17.9.